The molecule has 1 unspecified atom stereocenters. The molecule has 4 nitrogen and oxygen atoms in total. The van der Waals surface area contributed by atoms with Crippen LogP contribution >= 0.6 is 0 Å². The predicted molar refractivity (Wildman–Crippen MR) is 64.4 cm³/mol. The van der Waals surface area contributed by atoms with Gasteiger partial charge >= 0.3 is 6.03 Å². The van der Waals surface area contributed by atoms with E-state index in [9.17, 15) is 4.79 Å². The third-order valence-corrected chi connectivity index (χ3v) is 3.68. The van der Waals surface area contributed by atoms with Crippen molar-refractivity contribution in [1.82, 2.24) is 15.1 Å². The van der Waals surface area contributed by atoms with Crippen molar-refractivity contribution in [2.45, 2.75) is 25.7 Å². The van der Waals surface area contributed by atoms with E-state index in [0.717, 1.165) is 39.1 Å². The molecular weight excluding hydrogens is 202 g/mol. The molecular formula is C12H23N3O. The lowest BCUT2D eigenvalue weighted by atomic mass is 10.1. The first-order chi connectivity index (χ1) is 7.81. The van der Waals surface area contributed by atoms with Crippen LogP contribution in [0.25, 0.3) is 0 Å². The summed E-state index contributed by atoms with van der Waals surface area (Å²) in [6.45, 7) is 4.85. The fourth-order valence-corrected chi connectivity index (χ4v) is 2.75. The Kier molecular flexibility index (Phi) is 4.04. The fourth-order valence-electron chi connectivity index (χ4n) is 2.75. The maximum absolute atomic E-state index is 12.2. The van der Waals surface area contributed by atoms with Crippen LogP contribution in [0.15, 0.2) is 0 Å². The number of rotatable bonds is 2. The van der Waals surface area contributed by atoms with Crippen LogP contribution in [-0.4, -0.2) is 55.6 Å². The van der Waals surface area contributed by atoms with E-state index < -0.39 is 0 Å². The molecule has 0 radical (unpaired) electrons. The first-order valence-corrected chi connectivity index (χ1v) is 6.49. The second-order valence-corrected chi connectivity index (χ2v) is 4.99. The summed E-state index contributed by atoms with van der Waals surface area (Å²) in [7, 11) is 1.98. The Morgan fingerprint density at radius 3 is 2.62 bits per heavy atom. The van der Waals surface area contributed by atoms with E-state index in [0.29, 0.717) is 5.92 Å². The molecule has 2 fully saturated rings. The minimum Gasteiger partial charge on any atom is -0.325 e. The normalized spacial score (nSPS) is 26.2. The first-order valence-electron chi connectivity index (χ1n) is 6.49. The highest BCUT2D eigenvalue weighted by molar-refractivity contribution is 5.74. The van der Waals surface area contributed by atoms with E-state index in [1.807, 2.05) is 16.8 Å². The van der Waals surface area contributed by atoms with Crippen LogP contribution in [-0.2, 0) is 0 Å². The van der Waals surface area contributed by atoms with Crippen molar-refractivity contribution in [3.05, 3.63) is 0 Å². The molecule has 16 heavy (non-hydrogen) atoms. The van der Waals surface area contributed by atoms with Crippen molar-refractivity contribution in [2.24, 2.45) is 5.92 Å². The Bertz CT molecular complexity index is 238. The standard InChI is InChI=1S/C12H23N3O/c1-13-9-11-5-8-15(10-11)12(16)14-6-3-2-4-7-14/h11,13H,2-10H2,1H3. The van der Waals surface area contributed by atoms with Gasteiger partial charge in [-0.3, -0.25) is 0 Å². The van der Waals surface area contributed by atoms with E-state index in [1.165, 1.54) is 19.3 Å². The number of amides is 2. The lowest BCUT2D eigenvalue weighted by molar-refractivity contribution is 0.151. The summed E-state index contributed by atoms with van der Waals surface area (Å²) in [5.74, 6) is 0.652. The van der Waals surface area contributed by atoms with Gasteiger partial charge in [0, 0.05) is 26.2 Å². The fraction of sp³-hybridized carbons (Fsp3) is 0.917. The van der Waals surface area contributed by atoms with E-state index in [2.05, 4.69) is 5.32 Å². The van der Waals surface area contributed by atoms with Crippen LogP contribution in [0.5, 0.6) is 0 Å². The maximum atomic E-state index is 12.2. The average molecular weight is 225 g/mol. The highest BCUT2D eigenvalue weighted by Gasteiger charge is 2.29. The minimum atomic E-state index is 0.276. The topological polar surface area (TPSA) is 35.6 Å². The van der Waals surface area contributed by atoms with Gasteiger partial charge in [0.15, 0.2) is 0 Å². The quantitative estimate of drug-likeness (QED) is 0.765. The molecule has 2 rings (SSSR count). The number of nitrogens with one attached hydrogen (secondary N) is 1. The van der Waals surface area contributed by atoms with Crippen LogP contribution in [0.3, 0.4) is 0 Å². The summed E-state index contributed by atoms with van der Waals surface area (Å²) in [5.41, 5.74) is 0. The van der Waals surface area contributed by atoms with Crippen molar-refractivity contribution < 1.29 is 4.79 Å². The second kappa shape index (κ2) is 5.53. The molecule has 2 aliphatic rings. The van der Waals surface area contributed by atoms with E-state index >= 15 is 0 Å². The van der Waals surface area contributed by atoms with Crippen molar-refractivity contribution in [1.29, 1.82) is 0 Å². The zero-order chi connectivity index (χ0) is 11.4. The third kappa shape index (κ3) is 2.67. The Labute approximate surface area is 98.0 Å². The highest BCUT2D eigenvalue weighted by atomic mass is 16.2. The summed E-state index contributed by atoms with van der Waals surface area (Å²) in [4.78, 5) is 16.2. The first kappa shape index (κ1) is 11.7. The van der Waals surface area contributed by atoms with Crippen molar-refractivity contribution in [3.63, 3.8) is 0 Å². The zero-order valence-electron chi connectivity index (χ0n) is 10.2. The third-order valence-electron chi connectivity index (χ3n) is 3.68. The molecule has 2 amide bonds. The number of nitrogens with zero attached hydrogens (tertiary/aromatic N) is 2. The molecule has 0 aromatic carbocycles. The molecule has 0 bridgehead atoms. The maximum Gasteiger partial charge on any atom is 0.320 e. The van der Waals surface area contributed by atoms with Gasteiger partial charge < -0.3 is 15.1 Å². The monoisotopic (exact) mass is 225 g/mol. The van der Waals surface area contributed by atoms with Gasteiger partial charge in [0.25, 0.3) is 0 Å². The molecule has 2 aliphatic heterocycles. The molecule has 2 heterocycles. The van der Waals surface area contributed by atoms with Gasteiger partial charge in [0.1, 0.15) is 0 Å². The van der Waals surface area contributed by atoms with Crippen LogP contribution in [0, 0.1) is 5.92 Å². The molecule has 4 heteroatoms. The molecule has 0 saturated carbocycles. The van der Waals surface area contributed by atoms with Gasteiger partial charge in [-0.1, -0.05) is 0 Å². The number of likely N-dealkylation sites (tertiary alicyclic amines) is 2. The number of urea groups is 1. The second-order valence-electron chi connectivity index (χ2n) is 4.99. The van der Waals surface area contributed by atoms with Crippen molar-refractivity contribution >= 4 is 6.03 Å². The van der Waals surface area contributed by atoms with E-state index in [4.69, 9.17) is 0 Å². The zero-order valence-corrected chi connectivity index (χ0v) is 10.2. The number of carbonyl (C=O) groups is 1. The predicted octanol–water partition coefficient (Wildman–Crippen LogP) is 1.13. The van der Waals surface area contributed by atoms with Gasteiger partial charge in [0.05, 0.1) is 0 Å². The van der Waals surface area contributed by atoms with Crippen LogP contribution in [0.4, 0.5) is 4.79 Å². The SMILES string of the molecule is CNCC1CCN(C(=O)N2CCCCC2)C1. The lowest BCUT2D eigenvalue weighted by Crippen LogP contribution is -2.44. The molecule has 2 saturated heterocycles. The van der Waals surface area contributed by atoms with Gasteiger partial charge in [0.2, 0.25) is 0 Å². The van der Waals surface area contributed by atoms with Gasteiger partial charge in [-0.25, -0.2) is 4.79 Å². The summed E-state index contributed by atoms with van der Waals surface area (Å²) < 4.78 is 0. The number of piperidine rings is 1. The molecule has 1 atom stereocenters. The number of carbonyl (C=O) groups excluding carboxylic acids is 1. The number of hydrogen-bond donors (Lipinski definition) is 1. The summed E-state index contributed by atoms with van der Waals surface area (Å²) in [6, 6.07) is 0.276. The summed E-state index contributed by atoms with van der Waals surface area (Å²) >= 11 is 0. The minimum absolute atomic E-state index is 0.276. The van der Waals surface area contributed by atoms with Crippen LogP contribution in [0.2, 0.25) is 0 Å². The molecule has 1 N–H and O–H groups in total. The van der Waals surface area contributed by atoms with Crippen molar-refractivity contribution in [3.8, 4) is 0 Å². The molecule has 0 aromatic heterocycles. The van der Waals surface area contributed by atoms with Crippen molar-refractivity contribution in [2.75, 3.05) is 39.8 Å². The lowest BCUT2D eigenvalue weighted by Gasteiger charge is -2.31. The van der Waals surface area contributed by atoms with Crippen LogP contribution in [0.1, 0.15) is 25.7 Å². The van der Waals surface area contributed by atoms with E-state index in [-0.39, 0.29) is 6.03 Å². The van der Waals surface area contributed by atoms with Gasteiger partial charge in [-0.2, -0.15) is 0 Å². The van der Waals surface area contributed by atoms with E-state index in [1.54, 1.807) is 0 Å². The Morgan fingerprint density at radius 2 is 1.94 bits per heavy atom. The Morgan fingerprint density at radius 1 is 1.19 bits per heavy atom. The summed E-state index contributed by atoms with van der Waals surface area (Å²) in [5, 5.41) is 3.20. The Hall–Kier alpha value is -0.770. The van der Waals surface area contributed by atoms with Gasteiger partial charge in [-0.15, -0.1) is 0 Å². The average Bonchev–Trinajstić information content (AvgIpc) is 2.78. The molecule has 92 valence electrons. The molecule has 0 spiro atoms. The van der Waals surface area contributed by atoms with Crippen LogP contribution < -0.4 is 5.32 Å². The number of hydrogen-bond acceptors (Lipinski definition) is 2. The largest absolute Gasteiger partial charge is 0.325 e. The smallest absolute Gasteiger partial charge is 0.320 e. The molecule has 0 aromatic rings. The summed E-state index contributed by atoms with van der Waals surface area (Å²) in [6.07, 6.45) is 4.80. The Balaban J connectivity index is 1.81. The van der Waals surface area contributed by atoms with Gasteiger partial charge in [-0.05, 0) is 45.2 Å². The molecule has 0 aliphatic carbocycles. The highest BCUT2D eigenvalue weighted by Crippen LogP contribution is 2.19.